The van der Waals surface area contributed by atoms with Gasteiger partial charge < -0.3 is 9.47 Å². The van der Waals surface area contributed by atoms with Gasteiger partial charge in [0.1, 0.15) is 11.5 Å². The fourth-order valence-electron chi connectivity index (χ4n) is 2.21. The molecule has 1 heterocycles. The molecule has 0 saturated heterocycles. The van der Waals surface area contributed by atoms with Crippen LogP contribution in [0.15, 0.2) is 41.0 Å². The first-order valence-corrected chi connectivity index (χ1v) is 7.66. The van der Waals surface area contributed by atoms with Gasteiger partial charge in [-0.15, -0.1) is 0 Å². The van der Waals surface area contributed by atoms with E-state index in [4.69, 9.17) is 0 Å². The molecular weight excluding hydrogens is 335 g/mol. The highest BCUT2D eigenvalue weighted by Gasteiger charge is 2.17. The van der Waals surface area contributed by atoms with E-state index in [1.807, 2.05) is 16.8 Å². The minimum atomic E-state index is -0.270. The number of amides is 1. The summed E-state index contributed by atoms with van der Waals surface area (Å²) in [5.41, 5.74) is 1.56. The number of nitrogens with zero attached hydrogens (tertiary/aromatic N) is 2. The van der Waals surface area contributed by atoms with E-state index in [1.165, 1.54) is 12.1 Å². The summed E-state index contributed by atoms with van der Waals surface area (Å²) in [4.78, 5) is 14.2. The SMILES string of the molecule is CCCn1cc(Br)cc1C(=O)N(C)Cc1ccc(F)cc1. The lowest BCUT2D eigenvalue weighted by molar-refractivity contribution is 0.0774. The van der Waals surface area contributed by atoms with Crippen LogP contribution in [-0.4, -0.2) is 22.4 Å². The van der Waals surface area contributed by atoms with Crippen molar-refractivity contribution in [1.82, 2.24) is 9.47 Å². The van der Waals surface area contributed by atoms with E-state index in [2.05, 4.69) is 22.9 Å². The Morgan fingerprint density at radius 1 is 1.33 bits per heavy atom. The predicted molar refractivity (Wildman–Crippen MR) is 84.6 cm³/mol. The molecule has 0 aliphatic heterocycles. The summed E-state index contributed by atoms with van der Waals surface area (Å²) in [5, 5.41) is 0. The molecule has 0 radical (unpaired) electrons. The summed E-state index contributed by atoms with van der Waals surface area (Å²) >= 11 is 3.41. The van der Waals surface area contributed by atoms with E-state index < -0.39 is 0 Å². The van der Waals surface area contributed by atoms with Crippen LogP contribution in [0.25, 0.3) is 0 Å². The molecule has 1 aromatic carbocycles. The third kappa shape index (κ3) is 3.94. The molecule has 21 heavy (non-hydrogen) atoms. The zero-order valence-electron chi connectivity index (χ0n) is 12.1. The minimum absolute atomic E-state index is 0.0431. The van der Waals surface area contributed by atoms with Gasteiger partial charge in [-0.3, -0.25) is 4.79 Å². The van der Waals surface area contributed by atoms with Gasteiger partial charge in [0, 0.05) is 30.8 Å². The van der Waals surface area contributed by atoms with Gasteiger partial charge in [-0.1, -0.05) is 19.1 Å². The van der Waals surface area contributed by atoms with Crippen molar-refractivity contribution >= 4 is 21.8 Å². The highest BCUT2D eigenvalue weighted by atomic mass is 79.9. The molecule has 0 bridgehead atoms. The quantitative estimate of drug-likeness (QED) is 0.796. The maximum Gasteiger partial charge on any atom is 0.270 e. The second kappa shape index (κ2) is 6.89. The number of benzene rings is 1. The second-order valence-electron chi connectivity index (χ2n) is 5.02. The molecular formula is C16H18BrFN2O. The molecule has 3 nitrogen and oxygen atoms in total. The molecule has 0 aliphatic carbocycles. The Bertz CT molecular complexity index is 622. The molecule has 0 fully saturated rings. The topological polar surface area (TPSA) is 25.2 Å². The molecule has 5 heteroatoms. The Morgan fingerprint density at radius 3 is 2.62 bits per heavy atom. The lowest BCUT2D eigenvalue weighted by Gasteiger charge is -2.18. The highest BCUT2D eigenvalue weighted by Crippen LogP contribution is 2.18. The molecule has 2 rings (SSSR count). The van der Waals surface area contributed by atoms with Crippen molar-refractivity contribution in [2.75, 3.05) is 7.05 Å². The summed E-state index contributed by atoms with van der Waals surface area (Å²) in [6, 6.07) is 8.04. The summed E-state index contributed by atoms with van der Waals surface area (Å²) in [5.74, 6) is -0.313. The van der Waals surface area contributed by atoms with Crippen molar-refractivity contribution in [2.24, 2.45) is 0 Å². The van der Waals surface area contributed by atoms with Gasteiger partial charge in [-0.05, 0) is 46.1 Å². The molecule has 0 saturated carbocycles. The van der Waals surface area contributed by atoms with Crippen molar-refractivity contribution in [2.45, 2.75) is 26.4 Å². The number of carbonyl (C=O) groups is 1. The van der Waals surface area contributed by atoms with Gasteiger partial charge in [0.05, 0.1) is 0 Å². The predicted octanol–water partition coefficient (Wildman–Crippen LogP) is 4.07. The molecule has 0 atom stereocenters. The van der Waals surface area contributed by atoms with Crippen LogP contribution < -0.4 is 0 Å². The highest BCUT2D eigenvalue weighted by molar-refractivity contribution is 9.10. The molecule has 1 amide bonds. The third-order valence-corrected chi connectivity index (χ3v) is 3.66. The maximum absolute atomic E-state index is 12.9. The molecule has 0 spiro atoms. The van der Waals surface area contributed by atoms with Gasteiger partial charge in [-0.25, -0.2) is 4.39 Å². The van der Waals surface area contributed by atoms with Crippen molar-refractivity contribution in [3.8, 4) is 0 Å². The van der Waals surface area contributed by atoms with E-state index in [-0.39, 0.29) is 11.7 Å². The minimum Gasteiger partial charge on any atom is -0.342 e. The van der Waals surface area contributed by atoms with Crippen LogP contribution in [0.2, 0.25) is 0 Å². The van der Waals surface area contributed by atoms with E-state index in [9.17, 15) is 9.18 Å². The van der Waals surface area contributed by atoms with E-state index in [0.29, 0.717) is 12.2 Å². The Morgan fingerprint density at radius 2 is 2.00 bits per heavy atom. The standard InChI is InChI=1S/C16H18BrFN2O/c1-3-8-20-11-13(17)9-15(20)16(21)19(2)10-12-4-6-14(18)7-5-12/h4-7,9,11H,3,8,10H2,1-2H3. The molecule has 112 valence electrons. The van der Waals surface area contributed by atoms with Crippen molar-refractivity contribution < 1.29 is 9.18 Å². The van der Waals surface area contributed by atoms with E-state index >= 15 is 0 Å². The van der Waals surface area contributed by atoms with Gasteiger partial charge in [0.15, 0.2) is 0 Å². The number of aromatic nitrogens is 1. The van der Waals surface area contributed by atoms with E-state index in [1.54, 1.807) is 24.1 Å². The number of hydrogen-bond acceptors (Lipinski definition) is 1. The number of hydrogen-bond donors (Lipinski definition) is 0. The lowest BCUT2D eigenvalue weighted by atomic mass is 10.2. The average Bonchev–Trinajstić information content (AvgIpc) is 2.82. The van der Waals surface area contributed by atoms with E-state index in [0.717, 1.165) is 23.0 Å². The summed E-state index contributed by atoms with van der Waals surface area (Å²) in [6.45, 7) is 3.33. The molecule has 0 aliphatic rings. The zero-order valence-corrected chi connectivity index (χ0v) is 13.7. The smallest absolute Gasteiger partial charge is 0.270 e. The zero-order chi connectivity index (χ0) is 15.4. The second-order valence-corrected chi connectivity index (χ2v) is 5.94. The fourth-order valence-corrected chi connectivity index (χ4v) is 2.67. The largest absolute Gasteiger partial charge is 0.342 e. The first-order valence-electron chi connectivity index (χ1n) is 6.87. The van der Waals surface area contributed by atoms with Gasteiger partial charge >= 0.3 is 0 Å². The Labute approximate surface area is 132 Å². The van der Waals surface area contributed by atoms with Crippen LogP contribution in [0, 0.1) is 5.82 Å². The van der Waals surface area contributed by atoms with Gasteiger partial charge in [0.25, 0.3) is 5.91 Å². The molecule has 0 N–H and O–H groups in total. The van der Waals surface area contributed by atoms with Crippen LogP contribution in [-0.2, 0) is 13.1 Å². The van der Waals surface area contributed by atoms with Crippen molar-refractivity contribution in [1.29, 1.82) is 0 Å². The summed E-state index contributed by atoms with van der Waals surface area (Å²) in [6.07, 6.45) is 2.88. The number of aryl methyl sites for hydroxylation is 1. The third-order valence-electron chi connectivity index (χ3n) is 3.23. The number of halogens is 2. The van der Waals surface area contributed by atoms with Gasteiger partial charge in [-0.2, -0.15) is 0 Å². The Balaban J connectivity index is 2.13. The summed E-state index contributed by atoms with van der Waals surface area (Å²) in [7, 11) is 1.75. The fraction of sp³-hybridized carbons (Fsp3) is 0.312. The van der Waals surface area contributed by atoms with Crippen LogP contribution in [0.4, 0.5) is 4.39 Å². The first kappa shape index (κ1) is 15.8. The normalized spacial score (nSPS) is 10.7. The van der Waals surface area contributed by atoms with Gasteiger partial charge in [0.2, 0.25) is 0 Å². The molecule has 0 unspecified atom stereocenters. The number of rotatable bonds is 5. The van der Waals surface area contributed by atoms with Crippen LogP contribution >= 0.6 is 15.9 Å². The first-order chi connectivity index (χ1) is 10.0. The Kier molecular flexibility index (Phi) is 5.17. The lowest BCUT2D eigenvalue weighted by Crippen LogP contribution is -2.28. The number of carbonyl (C=O) groups excluding carboxylic acids is 1. The van der Waals surface area contributed by atoms with Crippen molar-refractivity contribution in [3.63, 3.8) is 0 Å². The van der Waals surface area contributed by atoms with Crippen LogP contribution in [0.1, 0.15) is 29.4 Å². The monoisotopic (exact) mass is 352 g/mol. The molecule has 1 aromatic heterocycles. The molecule has 2 aromatic rings. The van der Waals surface area contributed by atoms with Crippen LogP contribution in [0.5, 0.6) is 0 Å². The Hall–Kier alpha value is -1.62. The van der Waals surface area contributed by atoms with Crippen LogP contribution in [0.3, 0.4) is 0 Å². The van der Waals surface area contributed by atoms with Crippen molar-refractivity contribution in [3.05, 3.63) is 58.1 Å². The summed E-state index contributed by atoms with van der Waals surface area (Å²) < 4.78 is 15.7. The average molecular weight is 353 g/mol. The maximum atomic E-state index is 12.9.